The summed E-state index contributed by atoms with van der Waals surface area (Å²) in [6, 6.07) is 2.79. The lowest BCUT2D eigenvalue weighted by molar-refractivity contribution is -0.0967. The summed E-state index contributed by atoms with van der Waals surface area (Å²) in [5, 5.41) is 19.8. The number of nitrogens with one attached hydrogen (secondary N) is 1. The lowest BCUT2D eigenvalue weighted by Crippen LogP contribution is -2.57. The van der Waals surface area contributed by atoms with Crippen molar-refractivity contribution in [3.05, 3.63) is 28.6 Å². The van der Waals surface area contributed by atoms with Gasteiger partial charge in [0.1, 0.15) is 28.0 Å². The van der Waals surface area contributed by atoms with E-state index in [-0.39, 0.29) is 65.2 Å². The summed E-state index contributed by atoms with van der Waals surface area (Å²) in [6.07, 6.45) is 11.1. The van der Waals surface area contributed by atoms with Crippen molar-refractivity contribution in [1.82, 2.24) is 19.9 Å². The Hall–Kier alpha value is -3.65. The number of aryl methyl sites for hydroxylation is 1. The third-order valence-corrected chi connectivity index (χ3v) is 12.6. The maximum absolute atomic E-state index is 17.5. The van der Waals surface area contributed by atoms with Gasteiger partial charge in [-0.25, -0.2) is 9.37 Å². The molecule has 3 saturated heterocycles. The van der Waals surface area contributed by atoms with Crippen LogP contribution in [0.5, 0.6) is 11.9 Å². The van der Waals surface area contributed by atoms with E-state index < -0.39 is 11.4 Å². The van der Waals surface area contributed by atoms with E-state index in [0.29, 0.717) is 54.5 Å². The monoisotopic (exact) mass is 745 g/mol. The molecule has 13 heteroatoms. The first-order chi connectivity index (χ1) is 25.9. The van der Waals surface area contributed by atoms with Crippen LogP contribution in [0.4, 0.5) is 15.9 Å². The number of pyridine rings is 1. The molecule has 2 saturated carbocycles. The van der Waals surface area contributed by atoms with Crippen LogP contribution < -0.4 is 20.1 Å². The van der Waals surface area contributed by atoms with Crippen molar-refractivity contribution in [2.75, 3.05) is 57.2 Å². The fourth-order valence-corrected chi connectivity index (χ4v) is 10.3. The Morgan fingerprint density at radius 1 is 1.11 bits per heavy atom. The number of β-amino-alcohol motifs (C(OH)–C–C–N with tert-alkyl or cyclic N) is 1. The van der Waals surface area contributed by atoms with Crippen LogP contribution >= 0.6 is 0 Å². The van der Waals surface area contributed by atoms with Gasteiger partial charge in [0.15, 0.2) is 5.82 Å². The molecule has 1 aromatic carbocycles. The van der Waals surface area contributed by atoms with Crippen molar-refractivity contribution < 1.29 is 28.4 Å². The quantitative estimate of drug-likeness (QED) is 0.171. The van der Waals surface area contributed by atoms with E-state index in [4.69, 9.17) is 45.0 Å². The molecule has 0 spiro atoms. The molecular formula is C41H56FN7O5. The summed E-state index contributed by atoms with van der Waals surface area (Å²) in [5.74, 6) is 0.0750. The second-order valence-electron chi connectivity index (χ2n) is 17.0. The highest BCUT2D eigenvalue weighted by atomic mass is 19.1. The van der Waals surface area contributed by atoms with Crippen molar-refractivity contribution in [3.63, 3.8) is 0 Å². The number of likely N-dealkylation sites (tertiary alicyclic amines) is 1. The first kappa shape index (κ1) is 37.3. The van der Waals surface area contributed by atoms with E-state index in [2.05, 4.69) is 18.7 Å². The first-order valence-corrected chi connectivity index (χ1v) is 19.9. The van der Waals surface area contributed by atoms with Crippen molar-refractivity contribution >= 4 is 28.6 Å². The minimum absolute atomic E-state index is 0.00957. The number of piperidine rings is 1. The van der Waals surface area contributed by atoms with Gasteiger partial charge in [-0.05, 0) is 109 Å². The van der Waals surface area contributed by atoms with E-state index >= 15 is 4.39 Å². The van der Waals surface area contributed by atoms with Crippen LogP contribution in [0.3, 0.4) is 0 Å². The van der Waals surface area contributed by atoms with Gasteiger partial charge in [-0.15, -0.1) is 0 Å². The van der Waals surface area contributed by atoms with Gasteiger partial charge in [-0.1, -0.05) is 6.42 Å². The Kier molecular flexibility index (Phi) is 9.98. The van der Waals surface area contributed by atoms with Crippen LogP contribution in [0.1, 0.15) is 101 Å². The number of aromatic nitrogens is 3. The third kappa shape index (κ3) is 6.79. The lowest BCUT2D eigenvalue weighted by atomic mass is 9.74. The molecule has 5 atom stereocenters. The van der Waals surface area contributed by atoms with Crippen molar-refractivity contribution in [1.29, 1.82) is 5.41 Å². The van der Waals surface area contributed by atoms with E-state index in [1.807, 2.05) is 17.9 Å². The number of fused-ring (bicyclic) bond motifs is 2. The third-order valence-electron chi connectivity index (χ3n) is 12.6. The first-order valence-electron chi connectivity index (χ1n) is 19.9. The Morgan fingerprint density at radius 2 is 1.87 bits per heavy atom. The fraction of sp³-hybridized carbons (Fsp3) is 0.659. The number of nitrogen functional groups attached to an aromatic ring is 1. The van der Waals surface area contributed by atoms with Crippen LogP contribution in [0.25, 0.3) is 22.2 Å². The number of hydrogen-bond acceptors (Lipinski definition) is 12. The van der Waals surface area contributed by atoms with Crippen LogP contribution in [0.15, 0.2) is 6.07 Å². The lowest BCUT2D eigenvalue weighted by Gasteiger charge is -2.51. The van der Waals surface area contributed by atoms with Gasteiger partial charge in [0.25, 0.3) is 0 Å². The van der Waals surface area contributed by atoms with Crippen LogP contribution in [0, 0.1) is 23.6 Å². The highest BCUT2D eigenvalue weighted by Gasteiger charge is 2.51. The second kappa shape index (κ2) is 14.5. The zero-order chi connectivity index (χ0) is 37.9. The molecule has 5 heterocycles. The molecule has 54 heavy (non-hydrogen) atoms. The Labute approximate surface area is 317 Å². The van der Waals surface area contributed by atoms with Gasteiger partial charge in [0.2, 0.25) is 5.88 Å². The van der Waals surface area contributed by atoms with Gasteiger partial charge in [0, 0.05) is 47.1 Å². The largest absolute Gasteiger partial charge is 0.480 e. The summed E-state index contributed by atoms with van der Waals surface area (Å²) in [4.78, 5) is 19.3. The summed E-state index contributed by atoms with van der Waals surface area (Å²) in [5.41, 5.74) is 8.45. The number of ether oxygens (including phenoxy) is 4. The van der Waals surface area contributed by atoms with Crippen molar-refractivity contribution in [3.8, 4) is 23.1 Å². The summed E-state index contributed by atoms with van der Waals surface area (Å²) < 4.78 is 42.0. The average Bonchev–Trinajstić information content (AvgIpc) is 3.91. The SMILES string of the molecule is COc1nc(-c2c(C=N)c(N)cc(C)c2C2CC2)c(F)c2nc(OCC34CCCC3N(C3CC(C)OC(C)C3)CCC4)nc(N3CCOCC(C)(O)C3)c12. The number of rotatable bonds is 9. The summed E-state index contributed by atoms with van der Waals surface area (Å²) >= 11 is 0. The summed E-state index contributed by atoms with van der Waals surface area (Å²) in [7, 11) is 1.50. The normalized spacial score (nSPS) is 30.6. The standard InChI is InChI=1S/C41H56FN7O5/c1-23-16-29(44)28(19-43)32(31(23)26-9-10-26)35-34(42)36-33(38(45-35)51-5)37(48-14-15-52-21-40(4,50)20-48)47-39(46-36)53-22-41-11-6-8-30(41)49(13-7-12-41)27-17-24(2)54-25(3)18-27/h16,19,24-27,30,43,50H,6-15,17-18,20-22,44H2,1-5H3. The zero-order valence-corrected chi connectivity index (χ0v) is 32.4. The number of anilines is 2. The molecule has 0 bridgehead atoms. The maximum Gasteiger partial charge on any atom is 0.319 e. The van der Waals surface area contributed by atoms with E-state index in [1.165, 1.54) is 13.3 Å². The smallest absolute Gasteiger partial charge is 0.319 e. The molecule has 292 valence electrons. The van der Waals surface area contributed by atoms with Crippen molar-refractivity contribution in [2.45, 2.75) is 121 Å². The van der Waals surface area contributed by atoms with Gasteiger partial charge >= 0.3 is 6.01 Å². The molecule has 8 rings (SSSR count). The molecule has 2 aliphatic carbocycles. The number of methoxy groups -OCH3 is 1. The van der Waals surface area contributed by atoms with E-state index in [9.17, 15) is 5.11 Å². The van der Waals surface area contributed by atoms with Crippen LogP contribution in [0.2, 0.25) is 0 Å². The molecule has 12 nitrogen and oxygen atoms in total. The number of benzene rings is 1. The van der Waals surface area contributed by atoms with E-state index in [1.54, 1.807) is 6.92 Å². The van der Waals surface area contributed by atoms with E-state index in [0.717, 1.165) is 75.5 Å². The fourth-order valence-electron chi connectivity index (χ4n) is 10.3. The Morgan fingerprint density at radius 3 is 2.59 bits per heavy atom. The molecule has 0 radical (unpaired) electrons. The molecular weight excluding hydrogens is 689 g/mol. The number of hydrogen-bond donors (Lipinski definition) is 3. The highest BCUT2D eigenvalue weighted by molar-refractivity contribution is 6.01. The van der Waals surface area contributed by atoms with Gasteiger partial charge < -0.3 is 40.1 Å². The van der Waals surface area contributed by atoms with Crippen molar-refractivity contribution in [2.24, 2.45) is 5.41 Å². The number of nitrogens with zero attached hydrogens (tertiary/aromatic N) is 5. The summed E-state index contributed by atoms with van der Waals surface area (Å²) in [6.45, 7) is 10.6. The average molecular weight is 746 g/mol. The molecule has 2 aromatic heterocycles. The maximum atomic E-state index is 17.5. The molecule has 3 aromatic rings. The molecule has 5 aliphatic rings. The van der Waals surface area contributed by atoms with Crippen LogP contribution in [-0.4, -0.2) is 108 Å². The predicted molar refractivity (Wildman–Crippen MR) is 206 cm³/mol. The minimum atomic E-state index is -1.19. The molecule has 0 amide bonds. The highest BCUT2D eigenvalue weighted by Crippen LogP contribution is 2.51. The Bertz CT molecular complexity index is 1910. The van der Waals surface area contributed by atoms with Gasteiger partial charge in [0.05, 0.1) is 45.7 Å². The number of aliphatic hydroxyl groups is 1. The molecule has 5 fully saturated rings. The zero-order valence-electron chi connectivity index (χ0n) is 32.4. The second-order valence-corrected chi connectivity index (χ2v) is 17.0. The molecule has 4 N–H and O–H groups in total. The number of halogens is 1. The Balaban J connectivity index is 1.24. The topological polar surface area (TPSA) is 152 Å². The van der Waals surface area contributed by atoms with Gasteiger partial charge in [-0.3, -0.25) is 4.90 Å². The predicted octanol–water partition coefficient (Wildman–Crippen LogP) is 6.16. The van der Waals surface area contributed by atoms with Crippen LogP contribution in [-0.2, 0) is 9.47 Å². The minimum Gasteiger partial charge on any atom is -0.480 e. The number of nitrogens with two attached hydrogens (primary N) is 1. The molecule has 3 aliphatic heterocycles. The van der Waals surface area contributed by atoms with Gasteiger partial charge in [-0.2, -0.15) is 9.97 Å². The molecule has 5 unspecified atom stereocenters.